The van der Waals surface area contributed by atoms with Gasteiger partial charge >= 0.3 is 5.97 Å². The minimum atomic E-state index is -0.946. The van der Waals surface area contributed by atoms with Crippen molar-refractivity contribution in [3.63, 3.8) is 0 Å². The lowest BCUT2D eigenvalue weighted by atomic mass is 10.0. The van der Waals surface area contributed by atoms with Crippen molar-refractivity contribution in [2.75, 3.05) is 11.5 Å². The maximum absolute atomic E-state index is 13.0. The van der Waals surface area contributed by atoms with E-state index in [-0.39, 0.29) is 12.5 Å². The van der Waals surface area contributed by atoms with Gasteiger partial charge in [0.1, 0.15) is 11.8 Å². The van der Waals surface area contributed by atoms with Crippen LogP contribution in [0.1, 0.15) is 12.5 Å². The Balaban J connectivity index is 2.09. The number of para-hydroxylation sites is 2. The highest BCUT2D eigenvalue weighted by molar-refractivity contribution is 7.21. The summed E-state index contributed by atoms with van der Waals surface area (Å²) in [6.45, 7) is 1.35. The lowest BCUT2D eigenvalue weighted by Crippen LogP contribution is -2.37. The zero-order valence-corrected chi connectivity index (χ0v) is 13.3. The zero-order chi connectivity index (χ0) is 15.7. The summed E-state index contributed by atoms with van der Waals surface area (Å²) >= 11 is 0. The molecule has 2 aromatic carbocycles. The van der Waals surface area contributed by atoms with Crippen LogP contribution in [-0.2, 0) is 19.5 Å². The molecule has 2 atom stereocenters. The first-order chi connectivity index (χ1) is 10.5. The fourth-order valence-electron chi connectivity index (χ4n) is 2.66. The van der Waals surface area contributed by atoms with Crippen molar-refractivity contribution in [3.8, 4) is 0 Å². The van der Waals surface area contributed by atoms with Gasteiger partial charge in [-0.05, 0) is 23.8 Å². The Bertz CT molecular complexity index is 732. The molecule has 1 aliphatic heterocycles. The Kier molecular flexibility index (Phi) is 3.71. The second-order valence-electron chi connectivity index (χ2n) is 5.24. The Morgan fingerprint density at radius 1 is 1.14 bits per heavy atom. The van der Waals surface area contributed by atoms with E-state index >= 15 is 0 Å². The summed E-state index contributed by atoms with van der Waals surface area (Å²) in [4.78, 5) is 25.8. The Morgan fingerprint density at radius 3 is 2.45 bits per heavy atom. The van der Waals surface area contributed by atoms with Gasteiger partial charge in [0.05, 0.1) is 5.69 Å². The predicted octanol–water partition coefficient (Wildman–Crippen LogP) is 3.00. The molecule has 0 bridgehead atoms. The van der Waals surface area contributed by atoms with Crippen LogP contribution < -0.4 is 4.90 Å². The predicted molar refractivity (Wildman–Crippen MR) is 88.1 cm³/mol. The average molecular weight is 313 g/mol. The number of carbonyl (C=O) groups excluding carboxylic acids is 2. The third-order valence-electron chi connectivity index (χ3n) is 3.73. The number of anilines is 2. The molecule has 0 aromatic heterocycles. The van der Waals surface area contributed by atoms with E-state index in [0.29, 0.717) is 0 Å². The van der Waals surface area contributed by atoms with Gasteiger partial charge < -0.3 is 4.74 Å². The number of carbonyl (C=O) groups is 2. The first kappa shape index (κ1) is 14.7. The summed E-state index contributed by atoms with van der Waals surface area (Å²) in [6, 6.07) is 17.0. The summed E-state index contributed by atoms with van der Waals surface area (Å²) in [5.41, 5.74) is 2.46. The molecule has 0 saturated carbocycles. The number of hydrogen-bond acceptors (Lipinski definition) is 3. The molecule has 0 aliphatic carbocycles. The van der Waals surface area contributed by atoms with Gasteiger partial charge in [0.25, 0.3) is 0 Å². The fourth-order valence-corrected chi connectivity index (χ4v) is 3.11. The minimum absolute atomic E-state index is 0.00613. The van der Waals surface area contributed by atoms with Crippen LogP contribution >= 0.6 is 9.24 Å². The molecule has 4 nitrogen and oxygen atoms in total. The van der Waals surface area contributed by atoms with Crippen LogP contribution in [0, 0.1) is 0 Å². The minimum Gasteiger partial charge on any atom is -0.464 e. The number of rotatable bonds is 3. The van der Waals surface area contributed by atoms with Gasteiger partial charge in [-0.2, -0.15) is 0 Å². The summed E-state index contributed by atoms with van der Waals surface area (Å²) in [7, 11) is 2.57. The second-order valence-corrected chi connectivity index (χ2v) is 6.23. The van der Waals surface area contributed by atoms with Gasteiger partial charge in [-0.15, -0.1) is 9.24 Å². The summed E-state index contributed by atoms with van der Waals surface area (Å²) in [6.07, 6.45) is 0. The van der Waals surface area contributed by atoms with Gasteiger partial charge in [-0.3, -0.25) is 14.5 Å². The number of fused-ring (bicyclic) bond motifs is 1. The maximum Gasteiger partial charge on any atom is 0.302 e. The molecule has 1 amide bonds. The highest BCUT2D eigenvalue weighted by Gasteiger charge is 2.49. The smallest absolute Gasteiger partial charge is 0.302 e. The molecule has 2 unspecified atom stereocenters. The summed E-state index contributed by atoms with van der Waals surface area (Å²) in [5.74, 6) is -0.517. The molecule has 1 aliphatic rings. The molecule has 22 heavy (non-hydrogen) atoms. The van der Waals surface area contributed by atoms with Crippen LogP contribution in [-0.4, -0.2) is 18.5 Å². The number of esters is 1. The molecule has 112 valence electrons. The lowest BCUT2D eigenvalue weighted by molar-refractivity contribution is -0.142. The Labute approximate surface area is 131 Å². The molecule has 1 heterocycles. The monoisotopic (exact) mass is 313 g/mol. The topological polar surface area (TPSA) is 46.6 Å². The molecular formula is C17H16NO3P. The third kappa shape index (κ3) is 2.30. The van der Waals surface area contributed by atoms with E-state index < -0.39 is 11.1 Å². The molecule has 0 radical (unpaired) electrons. The van der Waals surface area contributed by atoms with Crippen molar-refractivity contribution in [1.82, 2.24) is 0 Å². The highest BCUT2D eigenvalue weighted by Crippen LogP contribution is 2.49. The normalized spacial score (nSPS) is 19.9. The summed E-state index contributed by atoms with van der Waals surface area (Å²) < 4.78 is 5.13. The molecule has 5 heteroatoms. The Morgan fingerprint density at radius 2 is 1.77 bits per heavy atom. The molecule has 0 N–H and O–H groups in total. The van der Waals surface area contributed by atoms with Crippen molar-refractivity contribution in [3.05, 3.63) is 60.2 Å². The van der Waals surface area contributed by atoms with E-state index in [2.05, 4.69) is 9.24 Å². The standard InChI is InChI=1S/C17H16NO3P/c1-12(19)21-11-17(22)14-9-5-6-10-15(14)18(16(17)20)13-7-3-2-4-8-13/h2-10H,11,22H2,1H3. The van der Waals surface area contributed by atoms with Crippen LogP contribution in [0.15, 0.2) is 54.6 Å². The maximum atomic E-state index is 13.0. The SMILES string of the molecule is CC(=O)OCC1(P)C(=O)N(c2ccccc2)c2ccccc21. The van der Waals surface area contributed by atoms with Crippen molar-refractivity contribution < 1.29 is 14.3 Å². The van der Waals surface area contributed by atoms with Crippen LogP contribution in [0.25, 0.3) is 0 Å². The Hall–Kier alpha value is -2.19. The average Bonchev–Trinajstić information content (AvgIpc) is 2.75. The first-order valence-electron chi connectivity index (χ1n) is 6.95. The van der Waals surface area contributed by atoms with E-state index in [9.17, 15) is 9.59 Å². The van der Waals surface area contributed by atoms with E-state index in [4.69, 9.17) is 4.74 Å². The van der Waals surface area contributed by atoms with Crippen LogP contribution in [0.2, 0.25) is 0 Å². The molecule has 0 saturated heterocycles. The lowest BCUT2D eigenvalue weighted by Gasteiger charge is -2.23. The van der Waals surface area contributed by atoms with Gasteiger partial charge in [0.15, 0.2) is 0 Å². The number of ether oxygens (including phenoxy) is 1. The molecule has 2 aromatic rings. The van der Waals surface area contributed by atoms with Crippen LogP contribution in [0.4, 0.5) is 11.4 Å². The van der Waals surface area contributed by atoms with Crippen molar-refractivity contribution in [1.29, 1.82) is 0 Å². The van der Waals surface area contributed by atoms with E-state index in [1.54, 1.807) is 4.90 Å². The first-order valence-corrected chi connectivity index (χ1v) is 7.53. The van der Waals surface area contributed by atoms with Crippen LogP contribution in [0.3, 0.4) is 0 Å². The number of nitrogens with zero attached hydrogens (tertiary/aromatic N) is 1. The highest BCUT2D eigenvalue weighted by atomic mass is 31.0. The second kappa shape index (κ2) is 5.54. The number of amides is 1. The van der Waals surface area contributed by atoms with Gasteiger partial charge in [0, 0.05) is 12.6 Å². The molecule has 0 fully saturated rings. The third-order valence-corrected chi connectivity index (χ3v) is 4.45. The van der Waals surface area contributed by atoms with Crippen LogP contribution in [0.5, 0.6) is 0 Å². The molecular weight excluding hydrogens is 297 g/mol. The zero-order valence-electron chi connectivity index (χ0n) is 12.2. The van der Waals surface area contributed by atoms with Gasteiger partial charge in [0.2, 0.25) is 5.91 Å². The summed E-state index contributed by atoms with van der Waals surface area (Å²) in [5, 5.41) is -0.946. The largest absolute Gasteiger partial charge is 0.464 e. The molecule has 3 rings (SSSR count). The fraction of sp³-hybridized carbons (Fsp3) is 0.176. The molecule has 0 spiro atoms. The van der Waals surface area contributed by atoms with Crippen molar-refractivity contribution in [2.45, 2.75) is 12.1 Å². The van der Waals surface area contributed by atoms with E-state index in [1.165, 1.54) is 6.92 Å². The number of hydrogen-bond donors (Lipinski definition) is 0. The number of benzene rings is 2. The van der Waals surface area contributed by atoms with E-state index in [0.717, 1.165) is 16.9 Å². The van der Waals surface area contributed by atoms with Gasteiger partial charge in [-0.25, -0.2) is 0 Å². The van der Waals surface area contributed by atoms with Crippen molar-refractivity contribution in [2.24, 2.45) is 0 Å². The van der Waals surface area contributed by atoms with E-state index in [1.807, 2.05) is 54.6 Å². The van der Waals surface area contributed by atoms with Gasteiger partial charge in [-0.1, -0.05) is 36.4 Å². The van der Waals surface area contributed by atoms with Crippen molar-refractivity contribution >= 4 is 32.5 Å². The quantitative estimate of drug-likeness (QED) is 0.646.